The lowest BCUT2D eigenvalue weighted by Gasteiger charge is -2.06. The van der Waals surface area contributed by atoms with Crippen molar-refractivity contribution in [3.63, 3.8) is 0 Å². The maximum atomic E-state index is 11.6. The van der Waals surface area contributed by atoms with Gasteiger partial charge >= 0.3 is 5.97 Å². The lowest BCUT2D eigenvalue weighted by molar-refractivity contribution is 0.0524. The van der Waals surface area contributed by atoms with Gasteiger partial charge in [-0.2, -0.15) is 0 Å². The molecule has 2 aromatic rings. The number of halogens is 1. The molecule has 2 rings (SSSR count). The summed E-state index contributed by atoms with van der Waals surface area (Å²) in [4.78, 5) is 24.2. The topological polar surface area (TPSA) is 65.0 Å². The van der Waals surface area contributed by atoms with Crippen LogP contribution in [0.3, 0.4) is 0 Å². The van der Waals surface area contributed by atoms with Gasteiger partial charge < -0.3 is 4.74 Å². The van der Waals surface area contributed by atoms with E-state index in [1.807, 2.05) is 6.07 Å². The van der Waals surface area contributed by atoms with Gasteiger partial charge in [-0.05, 0) is 35.8 Å². The standard InChI is InChI=1S/C13H12BrN3O2/c1-3-19-13(18)11-7-16-12(17-8(11)2)9-4-10(14)6-15-5-9/h4-7H,3H2,1-2H3. The predicted octanol–water partition coefficient (Wildman–Crippen LogP) is 2.79. The molecule has 0 spiro atoms. The van der Waals surface area contributed by atoms with Crippen LogP contribution in [0.2, 0.25) is 0 Å². The van der Waals surface area contributed by atoms with Crippen LogP contribution in [0.1, 0.15) is 23.0 Å². The summed E-state index contributed by atoms with van der Waals surface area (Å²) in [6.07, 6.45) is 4.84. The maximum absolute atomic E-state index is 11.6. The first-order valence-electron chi connectivity index (χ1n) is 5.73. The summed E-state index contributed by atoms with van der Waals surface area (Å²) in [5, 5.41) is 0. The molecule has 0 radical (unpaired) electrons. The molecular weight excluding hydrogens is 310 g/mol. The molecule has 5 nitrogen and oxygen atoms in total. The summed E-state index contributed by atoms with van der Waals surface area (Å²) < 4.78 is 5.78. The lowest BCUT2D eigenvalue weighted by Crippen LogP contribution is -2.09. The van der Waals surface area contributed by atoms with E-state index in [4.69, 9.17) is 4.74 Å². The Kier molecular flexibility index (Phi) is 4.21. The molecule has 0 bridgehead atoms. The quantitative estimate of drug-likeness (QED) is 0.813. The Balaban J connectivity index is 2.36. The summed E-state index contributed by atoms with van der Waals surface area (Å²) in [5.41, 5.74) is 1.75. The number of esters is 1. The molecule has 0 aliphatic heterocycles. The Labute approximate surface area is 119 Å². The van der Waals surface area contributed by atoms with Crippen LogP contribution in [0.5, 0.6) is 0 Å². The maximum Gasteiger partial charge on any atom is 0.341 e. The Morgan fingerprint density at radius 1 is 1.37 bits per heavy atom. The molecule has 0 saturated heterocycles. The van der Waals surface area contributed by atoms with E-state index >= 15 is 0 Å². The SMILES string of the molecule is CCOC(=O)c1cnc(-c2cncc(Br)c2)nc1C. The van der Waals surface area contributed by atoms with E-state index in [-0.39, 0.29) is 0 Å². The molecule has 2 heterocycles. The fourth-order valence-corrected chi connectivity index (χ4v) is 1.91. The minimum Gasteiger partial charge on any atom is -0.462 e. The van der Waals surface area contributed by atoms with Gasteiger partial charge in [0.05, 0.1) is 17.9 Å². The third kappa shape index (κ3) is 3.14. The summed E-state index contributed by atoms with van der Waals surface area (Å²) in [6, 6.07) is 1.87. The Morgan fingerprint density at radius 2 is 2.16 bits per heavy atom. The van der Waals surface area contributed by atoms with Crippen molar-refractivity contribution in [2.75, 3.05) is 6.61 Å². The van der Waals surface area contributed by atoms with Gasteiger partial charge in [-0.25, -0.2) is 14.8 Å². The Bertz CT molecular complexity index is 617. The van der Waals surface area contributed by atoms with Crippen LogP contribution < -0.4 is 0 Å². The number of pyridine rings is 1. The van der Waals surface area contributed by atoms with Gasteiger partial charge in [0, 0.05) is 28.6 Å². The molecule has 0 aliphatic carbocycles. The first-order valence-corrected chi connectivity index (χ1v) is 6.52. The van der Waals surface area contributed by atoms with E-state index in [0.29, 0.717) is 23.7 Å². The molecule has 0 fully saturated rings. The number of nitrogens with zero attached hydrogens (tertiary/aromatic N) is 3. The third-order valence-electron chi connectivity index (χ3n) is 2.44. The van der Waals surface area contributed by atoms with Crippen molar-refractivity contribution in [2.45, 2.75) is 13.8 Å². The van der Waals surface area contributed by atoms with Crippen molar-refractivity contribution < 1.29 is 9.53 Å². The van der Waals surface area contributed by atoms with E-state index in [2.05, 4.69) is 30.9 Å². The molecule has 0 amide bonds. The fraction of sp³-hybridized carbons (Fsp3) is 0.231. The molecule has 6 heteroatoms. The van der Waals surface area contributed by atoms with Crippen LogP contribution in [0.25, 0.3) is 11.4 Å². The predicted molar refractivity (Wildman–Crippen MR) is 73.7 cm³/mol. The number of hydrogen-bond donors (Lipinski definition) is 0. The number of carbonyl (C=O) groups is 1. The molecule has 0 saturated carbocycles. The molecule has 0 aliphatic rings. The minimum atomic E-state index is -0.404. The average Bonchev–Trinajstić information content (AvgIpc) is 2.38. The fourth-order valence-electron chi connectivity index (χ4n) is 1.55. The van der Waals surface area contributed by atoms with E-state index in [1.165, 1.54) is 6.20 Å². The van der Waals surface area contributed by atoms with Gasteiger partial charge in [-0.3, -0.25) is 4.98 Å². The minimum absolute atomic E-state index is 0.329. The molecule has 98 valence electrons. The van der Waals surface area contributed by atoms with Gasteiger partial charge in [0.15, 0.2) is 5.82 Å². The molecule has 0 N–H and O–H groups in total. The van der Waals surface area contributed by atoms with Gasteiger partial charge in [0.25, 0.3) is 0 Å². The first-order chi connectivity index (χ1) is 9.11. The van der Waals surface area contributed by atoms with E-state index in [0.717, 1.165) is 10.0 Å². The van der Waals surface area contributed by atoms with E-state index in [1.54, 1.807) is 26.2 Å². The number of hydrogen-bond acceptors (Lipinski definition) is 5. The van der Waals surface area contributed by atoms with Crippen LogP contribution in [0, 0.1) is 6.92 Å². The average molecular weight is 322 g/mol. The first kappa shape index (κ1) is 13.6. The normalized spacial score (nSPS) is 10.3. The van der Waals surface area contributed by atoms with Crippen LogP contribution in [0.15, 0.2) is 29.1 Å². The summed E-state index contributed by atoms with van der Waals surface area (Å²) in [7, 11) is 0. The van der Waals surface area contributed by atoms with Gasteiger partial charge in [0.1, 0.15) is 0 Å². The van der Waals surface area contributed by atoms with Gasteiger partial charge in [-0.1, -0.05) is 0 Å². The van der Waals surface area contributed by atoms with Crippen LogP contribution in [0.4, 0.5) is 0 Å². The number of rotatable bonds is 3. The third-order valence-corrected chi connectivity index (χ3v) is 2.87. The number of aryl methyl sites for hydroxylation is 1. The zero-order valence-electron chi connectivity index (χ0n) is 10.6. The highest BCUT2D eigenvalue weighted by Crippen LogP contribution is 2.19. The molecule has 2 aromatic heterocycles. The number of carbonyl (C=O) groups excluding carboxylic acids is 1. The lowest BCUT2D eigenvalue weighted by atomic mass is 10.2. The Morgan fingerprint density at radius 3 is 2.79 bits per heavy atom. The molecule has 0 unspecified atom stereocenters. The highest BCUT2D eigenvalue weighted by molar-refractivity contribution is 9.10. The number of ether oxygens (including phenoxy) is 1. The van der Waals surface area contributed by atoms with E-state index in [9.17, 15) is 4.79 Å². The molecule has 0 atom stereocenters. The molecule has 0 aromatic carbocycles. The smallest absolute Gasteiger partial charge is 0.341 e. The van der Waals surface area contributed by atoms with Crippen LogP contribution in [-0.4, -0.2) is 27.5 Å². The van der Waals surface area contributed by atoms with Crippen LogP contribution >= 0.6 is 15.9 Å². The molecular formula is C13H12BrN3O2. The summed E-state index contributed by atoms with van der Waals surface area (Å²) in [6.45, 7) is 3.84. The second-order valence-electron chi connectivity index (χ2n) is 3.80. The monoisotopic (exact) mass is 321 g/mol. The largest absolute Gasteiger partial charge is 0.462 e. The summed E-state index contributed by atoms with van der Waals surface area (Å²) in [5.74, 6) is 0.123. The zero-order chi connectivity index (χ0) is 13.8. The second-order valence-corrected chi connectivity index (χ2v) is 4.72. The van der Waals surface area contributed by atoms with Gasteiger partial charge in [-0.15, -0.1) is 0 Å². The van der Waals surface area contributed by atoms with Crippen molar-refractivity contribution in [3.05, 3.63) is 40.4 Å². The van der Waals surface area contributed by atoms with Crippen molar-refractivity contribution in [1.82, 2.24) is 15.0 Å². The zero-order valence-corrected chi connectivity index (χ0v) is 12.1. The van der Waals surface area contributed by atoms with E-state index < -0.39 is 5.97 Å². The second kappa shape index (κ2) is 5.88. The van der Waals surface area contributed by atoms with Crippen molar-refractivity contribution >= 4 is 21.9 Å². The van der Waals surface area contributed by atoms with Crippen molar-refractivity contribution in [1.29, 1.82) is 0 Å². The van der Waals surface area contributed by atoms with Crippen molar-refractivity contribution in [2.24, 2.45) is 0 Å². The number of aromatic nitrogens is 3. The Hall–Kier alpha value is -1.82. The van der Waals surface area contributed by atoms with Crippen molar-refractivity contribution in [3.8, 4) is 11.4 Å². The molecule has 19 heavy (non-hydrogen) atoms. The highest BCUT2D eigenvalue weighted by Gasteiger charge is 2.13. The van der Waals surface area contributed by atoms with Crippen LogP contribution in [-0.2, 0) is 4.74 Å². The van der Waals surface area contributed by atoms with Gasteiger partial charge in [0.2, 0.25) is 0 Å². The highest BCUT2D eigenvalue weighted by atomic mass is 79.9. The summed E-state index contributed by atoms with van der Waals surface area (Å²) >= 11 is 3.34.